The number of hydrogen-bond acceptors (Lipinski definition) is 4. The van der Waals surface area contributed by atoms with Crippen LogP contribution in [0, 0.1) is 0 Å². The predicted molar refractivity (Wildman–Crippen MR) is 54.8 cm³/mol. The van der Waals surface area contributed by atoms with Gasteiger partial charge in [-0.1, -0.05) is 12.8 Å². The van der Waals surface area contributed by atoms with Gasteiger partial charge in [0, 0.05) is 0 Å². The molecule has 0 spiro atoms. The number of ether oxygens (including phenoxy) is 3. The highest BCUT2D eigenvalue weighted by molar-refractivity contribution is 4.71. The number of hydrogen-bond donors (Lipinski definition) is 1. The van der Waals surface area contributed by atoms with Gasteiger partial charge in [0.05, 0.1) is 38.6 Å². The van der Waals surface area contributed by atoms with Crippen LogP contribution in [0.3, 0.4) is 0 Å². The molecule has 15 heavy (non-hydrogen) atoms. The molecule has 3 atom stereocenters. The van der Waals surface area contributed by atoms with Gasteiger partial charge >= 0.3 is 0 Å². The summed E-state index contributed by atoms with van der Waals surface area (Å²) in [6.07, 6.45) is 6.63. The summed E-state index contributed by atoms with van der Waals surface area (Å²) < 4.78 is 14.8. The molecule has 0 aromatic carbocycles. The van der Waals surface area contributed by atoms with E-state index in [0.717, 1.165) is 19.8 Å². The van der Waals surface area contributed by atoms with E-state index >= 15 is 0 Å². The van der Waals surface area contributed by atoms with Crippen LogP contribution >= 0.6 is 0 Å². The summed E-state index contributed by atoms with van der Waals surface area (Å²) in [5, 5.41) is 8.08. The molecule has 1 N–H and O–H groups in total. The smallest absolute Gasteiger partial charge is 0.104 e. The Morgan fingerprint density at radius 2 is 1.20 bits per heavy atom. The standard InChI is InChI=1S/C8H14O2.C3H6O2/c1(3-7-5-9-7)2-4-8-6-10-8;4-1-3-2-5-3/h7-8H,1-6H2;3-4H,1-2H2/t;3-/m.1/s1. The van der Waals surface area contributed by atoms with Crippen molar-refractivity contribution in [3.8, 4) is 0 Å². The second-order valence-electron chi connectivity index (χ2n) is 4.33. The van der Waals surface area contributed by atoms with Gasteiger partial charge in [-0.05, 0) is 12.8 Å². The van der Waals surface area contributed by atoms with Crippen LogP contribution in [0.2, 0.25) is 0 Å². The highest BCUT2D eigenvalue weighted by Crippen LogP contribution is 2.21. The first kappa shape index (κ1) is 11.3. The van der Waals surface area contributed by atoms with Crippen LogP contribution in [0.5, 0.6) is 0 Å². The van der Waals surface area contributed by atoms with Gasteiger partial charge in [0.1, 0.15) is 6.10 Å². The van der Waals surface area contributed by atoms with Crippen molar-refractivity contribution in [1.82, 2.24) is 0 Å². The molecule has 4 nitrogen and oxygen atoms in total. The van der Waals surface area contributed by atoms with Crippen LogP contribution in [0.4, 0.5) is 0 Å². The van der Waals surface area contributed by atoms with Gasteiger partial charge in [0.2, 0.25) is 0 Å². The van der Waals surface area contributed by atoms with E-state index in [0.29, 0.717) is 12.2 Å². The van der Waals surface area contributed by atoms with E-state index in [2.05, 4.69) is 4.74 Å². The normalized spacial score (nSPS) is 35.4. The minimum absolute atomic E-state index is 0.190. The fourth-order valence-corrected chi connectivity index (χ4v) is 1.39. The third-order valence-electron chi connectivity index (χ3n) is 2.71. The minimum Gasteiger partial charge on any atom is -0.394 e. The van der Waals surface area contributed by atoms with E-state index in [1.165, 1.54) is 25.7 Å². The number of rotatable bonds is 6. The van der Waals surface area contributed by atoms with Crippen molar-refractivity contribution >= 4 is 0 Å². The average Bonchev–Trinajstić information content (AvgIpc) is 3.15. The molecule has 0 radical (unpaired) electrons. The second kappa shape index (κ2) is 5.80. The molecular weight excluding hydrogens is 196 g/mol. The Hall–Kier alpha value is -0.160. The first-order chi connectivity index (χ1) is 7.38. The van der Waals surface area contributed by atoms with E-state index < -0.39 is 0 Å². The first-order valence-electron chi connectivity index (χ1n) is 5.84. The van der Waals surface area contributed by atoms with E-state index in [4.69, 9.17) is 14.6 Å². The van der Waals surface area contributed by atoms with Gasteiger partial charge in [-0.15, -0.1) is 0 Å². The molecule has 3 aliphatic heterocycles. The minimum atomic E-state index is 0.190. The lowest BCUT2D eigenvalue weighted by atomic mass is 10.1. The average molecular weight is 216 g/mol. The fourth-order valence-electron chi connectivity index (χ4n) is 1.39. The summed E-state index contributed by atoms with van der Waals surface area (Å²) in [5.74, 6) is 0. The molecule has 4 heteroatoms. The molecule has 3 aliphatic rings. The predicted octanol–water partition coefficient (Wildman–Crippen LogP) is 0.722. The summed E-state index contributed by atoms with van der Waals surface area (Å²) >= 11 is 0. The molecule has 3 heterocycles. The topological polar surface area (TPSA) is 57.8 Å². The van der Waals surface area contributed by atoms with Crippen LogP contribution in [-0.4, -0.2) is 49.8 Å². The lowest BCUT2D eigenvalue weighted by Crippen LogP contribution is -1.88. The van der Waals surface area contributed by atoms with Crippen molar-refractivity contribution < 1.29 is 19.3 Å². The van der Waals surface area contributed by atoms with Crippen molar-refractivity contribution in [3.63, 3.8) is 0 Å². The van der Waals surface area contributed by atoms with E-state index in [1.54, 1.807) is 0 Å². The molecule has 3 rings (SSSR count). The van der Waals surface area contributed by atoms with Crippen molar-refractivity contribution in [2.75, 3.05) is 26.4 Å². The maximum atomic E-state index is 8.08. The Morgan fingerprint density at radius 1 is 0.800 bits per heavy atom. The number of aliphatic hydroxyl groups is 1. The largest absolute Gasteiger partial charge is 0.394 e. The molecule has 2 unspecified atom stereocenters. The lowest BCUT2D eigenvalue weighted by molar-refractivity contribution is 0.244. The Balaban J connectivity index is 0.000000144. The molecule has 88 valence electrons. The van der Waals surface area contributed by atoms with Gasteiger partial charge < -0.3 is 19.3 Å². The van der Waals surface area contributed by atoms with Crippen molar-refractivity contribution in [1.29, 1.82) is 0 Å². The zero-order valence-corrected chi connectivity index (χ0v) is 9.06. The van der Waals surface area contributed by atoms with Crippen LogP contribution in [-0.2, 0) is 14.2 Å². The number of unbranched alkanes of at least 4 members (excludes halogenated alkanes) is 1. The van der Waals surface area contributed by atoms with E-state index in [-0.39, 0.29) is 12.7 Å². The van der Waals surface area contributed by atoms with E-state index in [1.807, 2.05) is 0 Å². The van der Waals surface area contributed by atoms with E-state index in [9.17, 15) is 0 Å². The molecule has 0 aliphatic carbocycles. The number of epoxide rings is 3. The zero-order chi connectivity index (χ0) is 10.5. The maximum absolute atomic E-state index is 8.08. The Bertz CT molecular complexity index is 159. The number of aliphatic hydroxyl groups excluding tert-OH is 1. The SMILES string of the molecule is C(CCC1CO1)CC1CO1.OC[C@@H]1CO1. The van der Waals surface area contributed by atoms with Gasteiger partial charge in [0.15, 0.2) is 0 Å². The molecule has 3 saturated heterocycles. The second-order valence-corrected chi connectivity index (χ2v) is 4.33. The van der Waals surface area contributed by atoms with Gasteiger partial charge in [-0.3, -0.25) is 0 Å². The van der Waals surface area contributed by atoms with Gasteiger partial charge in [0.25, 0.3) is 0 Å². The molecular formula is C11H20O4. The highest BCUT2D eigenvalue weighted by atomic mass is 16.6. The van der Waals surface area contributed by atoms with Crippen molar-refractivity contribution in [3.05, 3.63) is 0 Å². The van der Waals surface area contributed by atoms with Crippen LogP contribution in [0.15, 0.2) is 0 Å². The zero-order valence-electron chi connectivity index (χ0n) is 9.06. The third kappa shape index (κ3) is 6.10. The first-order valence-corrected chi connectivity index (χ1v) is 5.84. The summed E-state index contributed by atoms with van der Waals surface area (Å²) in [4.78, 5) is 0. The Morgan fingerprint density at radius 3 is 1.40 bits per heavy atom. The quantitative estimate of drug-likeness (QED) is 0.525. The maximum Gasteiger partial charge on any atom is 0.104 e. The summed E-state index contributed by atoms with van der Waals surface area (Å²) in [7, 11) is 0. The molecule has 0 aromatic rings. The van der Waals surface area contributed by atoms with Crippen LogP contribution in [0.25, 0.3) is 0 Å². The fraction of sp³-hybridized carbons (Fsp3) is 1.00. The van der Waals surface area contributed by atoms with Crippen LogP contribution in [0.1, 0.15) is 25.7 Å². The highest BCUT2D eigenvalue weighted by Gasteiger charge is 2.24. The van der Waals surface area contributed by atoms with Crippen molar-refractivity contribution in [2.24, 2.45) is 0 Å². The lowest BCUT2D eigenvalue weighted by Gasteiger charge is -1.93. The van der Waals surface area contributed by atoms with Crippen molar-refractivity contribution in [2.45, 2.75) is 44.0 Å². The Kier molecular flexibility index (Phi) is 4.38. The molecule has 0 saturated carbocycles. The third-order valence-corrected chi connectivity index (χ3v) is 2.71. The van der Waals surface area contributed by atoms with Gasteiger partial charge in [-0.25, -0.2) is 0 Å². The van der Waals surface area contributed by atoms with Gasteiger partial charge in [-0.2, -0.15) is 0 Å². The monoisotopic (exact) mass is 216 g/mol. The molecule has 0 amide bonds. The molecule has 0 bridgehead atoms. The molecule has 0 aromatic heterocycles. The van der Waals surface area contributed by atoms with Crippen LogP contribution < -0.4 is 0 Å². The summed E-state index contributed by atoms with van der Waals surface area (Å²) in [6.45, 7) is 2.98. The molecule has 3 fully saturated rings. The Labute approximate surface area is 90.5 Å². The summed E-state index contributed by atoms with van der Waals surface area (Å²) in [6, 6.07) is 0. The summed E-state index contributed by atoms with van der Waals surface area (Å²) in [5.41, 5.74) is 0.